The van der Waals surface area contributed by atoms with Crippen molar-refractivity contribution in [2.24, 2.45) is 5.92 Å². The summed E-state index contributed by atoms with van der Waals surface area (Å²) in [6.07, 6.45) is 1.75. The van der Waals surface area contributed by atoms with Gasteiger partial charge >= 0.3 is 0 Å². The first-order chi connectivity index (χ1) is 12.7. The van der Waals surface area contributed by atoms with Crippen molar-refractivity contribution in [1.29, 1.82) is 0 Å². The van der Waals surface area contributed by atoms with Gasteiger partial charge in [0.15, 0.2) is 5.82 Å². The number of pyridine rings is 1. The largest absolute Gasteiger partial charge is 0.384 e. The molecule has 26 heavy (non-hydrogen) atoms. The van der Waals surface area contributed by atoms with Crippen molar-refractivity contribution < 1.29 is 14.1 Å². The summed E-state index contributed by atoms with van der Waals surface area (Å²) in [4.78, 5) is 23.5. The number of ether oxygens (including phenoxy) is 1. The molecule has 1 aliphatic rings. The van der Waals surface area contributed by atoms with Gasteiger partial charge in [-0.05, 0) is 31.2 Å². The van der Waals surface area contributed by atoms with E-state index in [2.05, 4.69) is 15.1 Å². The third-order valence-electron chi connectivity index (χ3n) is 4.82. The SMILES string of the molecule is COCC1CN(C(=O)c2ccc3ncccc3c2)CC1c1nc(C)no1. The zero-order valence-corrected chi connectivity index (χ0v) is 14.8. The minimum absolute atomic E-state index is 0.00408. The van der Waals surface area contributed by atoms with Crippen LogP contribution in [-0.2, 0) is 4.74 Å². The van der Waals surface area contributed by atoms with E-state index in [4.69, 9.17) is 9.26 Å². The average molecular weight is 352 g/mol. The second-order valence-corrected chi connectivity index (χ2v) is 6.62. The van der Waals surface area contributed by atoms with Crippen molar-refractivity contribution >= 4 is 16.8 Å². The quantitative estimate of drug-likeness (QED) is 0.717. The lowest BCUT2D eigenvalue weighted by Gasteiger charge is -2.16. The normalized spacial score (nSPS) is 20.0. The fourth-order valence-electron chi connectivity index (χ4n) is 3.55. The first kappa shape index (κ1) is 16.7. The number of amides is 1. The minimum atomic E-state index is -0.0118. The molecule has 0 spiro atoms. The van der Waals surface area contributed by atoms with E-state index < -0.39 is 0 Å². The molecular formula is C19H20N4O3. The predicted molar refractivity (Wildman–Crippen MR) is 94.8 cm³/mol. The number of carbonyl (C=O) groups excluding carboxylic acids is 1. The van der Waals surface area contributed by atoms with E-state index in [0.29, 0.717) is 37.0 Å². The number of likely N-dealkylation sites (tertiary alicyclic amines) is 1. The molecule has 0 N–H and O–H groups in total. The number of rotatable bonds is 4. The van der Waals surface area contributed by atoms with Gasteiger partial charge in [-0.1, -0.05) is 11.2 Å². The van der Waals surface area contributed by atoms with Gasteiger partial charge in [-0.2, -0.15) is 4.98 Å². The van der Waals surface area contributed by atoms with Gasteiger partial charge in [0.2, 0.25) is 5.89 Å². The van der Waals surface area contributed by atoms with Crippen molar-refractivity contribution in [3.8, 4) is 0 Å². The van der Waals surface area contributed by atoms with Crippen LogP contribution >= 0.6 is 0 Å². The van der Waals surface area contributed by atoms with E-state index in [-0.39, 0.29) is 17.7 Å². The van der Waals surface area contributed by atoms with Crippen molar-refractivity contribution in [2.45, 2.75) is 12.8 Å². The summed E-state index contributed by atoms with van der Waals surface area (Å²) < 4.78 is 10.7. The van der Waals surface area contributed by atoms with Crippen molar-refractivity contribution in [1.82, 2.24) is 20.0 Å². The first-order valence-corrected chi connectivity index (χ1v) is 8.59. The number of nitrogens with zero attached hydrogens (tertiary/aromatic N) is 4. The van der Waals surface area contributed by atoms with Crippen LogP contribution in [0.25, 0.3) is 10.9 Å². The van der Waals surface area contributed by atoms with Gasteiger partial charge in [-0.3, -0.25) is 9.78 Å². The summed E-state index contributed by atoms with van der Waals surface area (Å²) in [6.45, 7) is 3.47. The molecular weight excluding hydrogens is 332 g/mol. The summed E-state index contributed by atoms with van der Waals surface area (Å²) in [7, 11) is 1.66. The van der Waals surface area contributed by atoms with E-state index in [1.54, 1.807) is 20.2 Å². The molecule has 2 atom stereocenters. The zero-order valence-electron chi connectivity index (χ0n) is 14.8. The van der Waals surface area contributed by atoms with Crippen LogP contribution < -0.4 is 0 Å². The molecule has 1 aromatic carbocycles. The number of benzene rings is 1. The smallest absolute Gasteiger partial charge is 0.253 e. The summed E-state index contributed by atoms with van der Waals surface area (Å²) in [5, 5.41) is 4.83. The van der Waals surface area contributed by atoms with Gasteiger partial charge in [0.25, 0.3) is 5.91 Å². The molecule has 3 aromatic rings. The Kier molecular flexibility index (Phi) is 4.38. The van der Waals surface area contributed by atoms with E-state index in [1.165, 1.54) is 0 Å². The molecule has 0 saturated carbocycles. The van der Waals surface area contributed by atoms with Crippen LogP contribution in [0.15, 0.2) is 41.1 Å². The maximum Gasteiger partial charge on any atom is 0.253 e. The lowest BCUT2D eigenvalue weighted by atomic mass is 9.97. The lowest BCUT2D eigenvalue weighted by molar-refractivity contribution is 0.0775. The predicted octanol–water partition coefficient (Wildman–Crippen LogP) is 2.43. The zero-order chi connectivity index (χ0) is 18.1. The average Bonchev–Trinajstić information content (AvgIpc) is 3.27. The highest BCUT2D eigenvalue weighted by Gasteiger charge is 2.39. The Labute approximate surface area is 151 Å². The fraction of sp³-hybridized carbons (Fsp3) is 0.368. The second-order valence-electron chi connectivity index (χ2n) is 6.62. The standard InChI is InChI=1S/C19H20N4O3/c1-12-21-18(26-22-12)16-10-23(9-15(16)11-25-2)19(24)14-5-6-17-13(8-14)4-3-7-20-17/h3-8,15-16H,9-11H2,1-2H3. The van der Waals surface area contributed by atoms with Gasteiger partial charge in [0.05, 0.1) is 18.0 Å². The van der Waals surface area contributed by atoms with Crippen molar-refractivity contribution in [2.75, 3.05) is 26.8 Å². The van der Waals surface area contributed by atoms with E-state index in [0.717, 1.165) is 10.9 Å². The van der Waals surface area contributed by atoms with Gasteiger partial charge in [-0.25, -0.2) is 0 Å². The molecule has 2 unspecified atom stereocenters. The molecule has 1 fully saturated rings. The monoisotopic (exact) mass is 352 g/mol. The van der Waals surface area contributed by atoms with Gasteiger partial charge < -0.3 is 14.2 Å². The third kappa shape index (κ3) is 3.06. The molecule has 3 heterocycles. The molecule has 1 saturated heterocycles. The van der Waals surface area contributed by atoms with Crippen molar-refractivity contribution in [3.05, 3.63) is 53.8 Å². The summed E-state index contributed by atoms with van der Waals surface area (Å²) in [6, 6.07) is 9.42. The van der Waals surface area contributed by atoms with E-state index in [1.807, 2.05) is 35.2 Å². The molecule has 7 nitrogen and oxygen atoms in total. The Hall–Kier alpha value is -2.80. The Morgan fingerprint density at radius 2 is 2.23 bits per heavy atom. The molecule has 7 heteroatoms. The highest BCUT2D eigenvalue weighted by atomic mass is 16.5. The first-order valence-electron chi connectivity index (χ1n) is 8.59. The van der Waals surface area contributed by atoms with E-state index in [9.17, 15) is 4.79 Å². The topological polar surface area (TPSA) is 81.4 Å². The van der Waals surface area contributed by atoms with Gasteiger partial charge in [0, 0.05) is 43.3 Å². The molecule has 1 amide bonds. The fourth-order valence-corrected chi connectivity index (χ4v) is 3.55. The molecule has 134 valence electrons. The van der Waals surface area contributed by atoms with Crippen LogP contribution in [0.1, 0.15) is 28.0 Å². The molecule has 1 aliphatic heterocycles. The van der Waals surface area contributed by atoms with Crippen LogP contribution in [0, 0.1) is 12.8 Å². The van der Waals surface area contributed by atoms with Crippen LogP contribution in [0.5, 0.6) is 0 Å². The number of hydrogen-bond acceptors (Lipinski definition) is 6. The Morgan fingerprint density at radius 1 is 1.35 bits per heavy atom. The minimum Gasteiger partial charge on any atom is -0.384 e. The number of methoxy groups -OCH3 is 1. The Morgan fingerprint density at radius 3 is 3.00 bits per heavy atom. The molecule has 0 radical (unpaired) electrons. The molecule has 0 bridgehead atoms. The van der Waals surface area contributed by atoms with Crippen LogP contribution in [0.2, 0.25) is 0 Å². The van der Waals surface area contributed by atoms with Gasteiger partial charge in [0.1, 0.15) is 0 Å². The Balaban J connectivity index is 1.59. The third-order valence-corrected chi connectivity index (χ3v) is 4.82. The molecule has 4 rings (SSSR count). The number of aryl methyl sites for hydroxylation is 1. The van der Waals surface area contributed by atoms with E-state index >= 15 is 0 Å². The number of fused-ring (bicyclic) bond motifs is 1. The summed E-state index contributed by atoms with van der Waals surface area (Å²) in [5.74, 6) is 1.29. The lowest BCUT2D eigenvalue weighted by Crippen LogP contribution is -2.29. The van der Waals surface area contributed by atoms with Crippen LogP contribution in [0.3, 0.4) is 0 Å². The highest BCUT2D eigenvalue weighted by Crippen LogP contribution is 2.33. The second kappa shape index (κ2) is 6.84. The number of aromatic nitrogens is 3. The molecule has 0 aliphatic carbocycles. The Bertz CT molecular complexity index is 939. The number of carbonyl (C=O) groups is 1. The molecule has 2 aromatic heterocycles. The maximum atomic E-state index is 13.0. The van der Waals surface area contributed by atoms with Gasteiger partial charge in [-0.15, -0.1) is 0 Å². The number of hydrogen-bond donors (Lipinski definition) is 0. The maximum absolute atomic E-state index is 13.0. The van der Waals surface area contributed by atoms with Crippen molar-refractivity contribution in [3.63, 3.8) is 0 Å². The summed E-state index contributed by atoms with van der Waals surface area (Å²) >= 11 is 0. The highest BCUT2D eigenvalue weighted by molar-refractivity contribution is 5.98. The van der Waals surface area contributed by atoms with Crippen LogP contribution in [-0.4, -0.2) is 52.7 Å². The summed E-state index contributed by atoms with van der Waals surface area (Å²) in [5.41, 5.74) is 1.53. The van der Waals surface area contributed by atoms with Crippen LogP contribution in [0.4, 0.5) is 0 Å².